The van der Waals surface area contributed by atoms with Gasteiger partial charge in [0.15, 0.2) is 0 Å². The van der Waals surface area contributed by atoms with Crippen LogP contribution < -0.4 is 20.2 Å². The van der Waals surface area contributed by atoms with Crippen molar-refractivity contribution in [3.05, 3.63) is 89.7 Å². The summed E-state index contributed by atoms with van der Waals surface area (Å²) < 4.78 is 23.8. The standard InChI is InChI=1S/C25H24FN3O4/c1-32-22-10-4-19(5-11-22)17-33-23-12-2-18(3-13-23)16-27-29-25(31)15-14-24(30)28-21-8-6-20(26)7-9-21/h2-13,16H,14-15,17H2,1H3,(H,28,30)(H,29,31). The van der Waals surface area contributed by atoms with E-state index in [4.69, 9.17) is 9.47 Å². The minimum Gasteiger partial charge on any atom is -0.497 e. The Kier molecular flexibility index (Phi) is 8.53. The van der Waals surface area contributed by atoms with Crippen LogP contribution in [0.5, 0.6) is 11.5 Å². The van der Waals surface area contributed by atoms with Crippen molar-refractivity contribution in [2.24, 2.45) is 5.10 Å². The van der Waals surface area contributed by atoms with Gasteiger partial charge in [0.05, 0.1) is 13.3 Å². The summed E-state index contributed by atoms with van der Waals surface area (Å²) in [6, 6.07) is 20.3. The number of methoxy groups -OCH3 is 1. The van der Waals surface area contributed by atoms with Crippen LogP contribution in [0.4, 0.5) is 10.1 Å². The first-order valence-electron chi connectivity index (χ1n) is 10.2. The molecule has 2 N–H and O–H groups in total. The van der Waals surface area contributed by atoms with Crippen LogP contribution in [-0.2, 0) is 16.2 Å². The third-order valence-corrected chi connectivity index (χ3v) is 4.55. The Morgan fingerprint density at radius 3 is 2.18 bits per heavy atom. The molecule has 3 rings (SSSR count). The van der Waals surface area contributed by atoms with Crippen molar-refractivity contribution >= 4 is 23.7 Å². The molecule has 0 atom stereocenters. The summed E-state index contributed by atoms with van der Waals surface area (Å²) in [6.45, 7) is 0.433. The molecule has 0 saturated heterocycles. The number of hydrazone groups is 1. The van der Waals surface area contributed by atoms with Crippen LogP contribution in [0.15, 0.2) is 77.9 Å². The molecular weight excluding hydrogens is 425 g/mol. The predicted octanol–water partition coefficient (Wildman–Crippen LogP) is 4.28. The second kappa shape index (κ2) is 12.0. The highest BCUT2D eigenvalue weighted by atomic mass is 19.1. The van der Waals surface area contributed by atoms with Gasteiger partial charge >= 0.3 is 0 Å². The highest BCUT2D eigenvalue weighted by molar-refractivity contribution is 5.93. The predicted molar refractivity (Wildman–Crippen MR) is 124 cm³/mol. The van der Waals surface area contributed by atoms with E-state index in [9.17, 15) is 14.0 Å². The first-order valence-corrected chi connectivity index (χ1v) is 10.2. The molecule has 0 fully saturated rings. The first kappa shape index (κ1) is 23.5. The zero-order valence-corrected chi connectivity index (χ0v) is 18.1. The van der Waals surface area contributed by atoms with Crippen LogP contribution in [0.3, 0.4) is 0 Å². The molecule has 8 heteroatoms. The Morgan fingerprint density at radius 2 is 1.52 bits per heavy atom. The molecule has 0 spiro atoms. The molecule has 0 bridgehead atoms. The number of hydrogen-bond acceptors (Lipinski definition) is 5. The Hall–Kier alpha value is -4.20. The van der Waals surface area contributed by atoms with Crippen molar-refractivity contribution in [1.29, 1.82) is 0 Å². The van der Waals surface area contributed by atoms with Crippen molar-refractivity contribution in [1.82, 2.24) is 5.43 Å². The fraction of sp³-hybridized carbons (Fsp3) is 0.160. The fourth-order valence-electron chi connectivity index (χ4n) is 2.76. The van der Waals surface area contributed by atoms with E-state index >= 15 is 0 Å². The van der Waals surface area contributed by atoms with E-state index in [1.165, 1.54) is 30.5 Å². The third kappa shape index (κ3) is 8.10. The molecule has 0 aliphatic carbocycles. The van der Waals surface area contributed by atoms with Crippen LogP contribution in [0.1, 0.15) is 24.0 Å². The number of amides is 2. The Balaban J connectivity index is 1.37. The van der Waals surface area contributed by atoms with Crippen LogP contribution in [0.25, 0.3) is 0 Å². The summed E-state index contributed by atoms with van der Waals surface area (Å²) in [6.07, 6.45) is 1.46. The van der Waals surface area contributed by atoms with E-state index in [0.29, 0.717) is 18.0 Å². The van der Waals surface area contributed by atoms with E-state index in [2.05, 4.69) is 15.8 Å². The molecule has 0 aromatic heterocycles. The zero-order valence-electron chi connectivity index (χ0n) is 18.1. The number of nitrogens with one attached hydrogen (secondary N) is 2. The zero-order chi connectivity index (χ0) is 23.5. The summed E-state index contributed by atoms with van der Waals surface area (Å²) in [5.41, 5.74) is 4.66. The van der Waals surface area contributed by atoms with E-state index in [1.807, 2.05) is 48.5 Å². The van der Waals surface area contributed by atoms with Gasteiger partial charge < -0.3 is 14.8 Å². The number of carbonyl (C=O) groups excluding carboxylic acids is 2. The largest absolute Gasteiger partial charge is 0.497 e. The molecule has 170 valence electrons. The number of rotatable bonds is 10. The van der Waals surface area contributed by atoms with Gasteiger partial charge in [-0.25, -0.2) is 9.82 Å². The summed E-state index contributed by atoms with van der Waals surface area (Å²) in [4.78, 5) is 23.7. The lowest BCUT2D eigenvalue weighted by molar-refractivity contribution is -0.124. The fourth-order valence-corrected chi connectivity index (χ4v) is 2.76. The monoisotopic (exact) mass is 449 g/mol. The molecule has 0 unspecified atom stereocenters. The topological polar surface area (TPSA) is 89.0 Å². The molecule has 0 radical (unpaired) electrons. The molecule has 0 aliphatic rings. The maximum Gasteiger partial charge on any atom is 0.240 e. The summed E-state index contributed by atoms with van der Waals surface area (Å²) >= 11 is 0. The summed E-state index contributed by atoms with van der Waals surface area (Å²) in [5, 5.41) is 6.50. The highest BCUT2D eigenvalue weighted by Crippen LogP contribution is 2.16. The van der Waals surface area contributed by atoms with Gasteiger partial charge in [0.2, 0.25) is 11.8 Å². The Labute approximate surface area is 191 Å². The van der Waals surface area contributed by atoms with Crippen LogP contribution >= 0.6 is 0 Å². The molecule has 3 aromatic rings. The number of anilines is 1. The lowest BCUT2D eigenvalue weighted by atomic mass is 10.2. The Bertz CT molecular complexity index is 1080. The number of halogens is 1. The minimum atomic E-state index is -0.389. The smallest absolute Gasteiger partial charge is 0.240 e. The van der Waals surface area contributed by atoms with Gasteiger partial charge in [-0.15, -0.1) is 0 Å². The second-order valence-electron chi connectivity index (χ2n) is 7.05. The SMILES string of the molecule is COc1ccc(COc2ccc(C=NNC(=O)CCC(=O)Nc3ccc(F)cc3)cc2)cc1. The molecule has 33 heavy (non-hydrogen) atoms. The highest BCUT2D eigenvalue weighted by Gasteiger charge is 2.07. The van der Waals surface area contributed by atoms with Crippen molar-refractivity contribution in [2.45, 2.75) is 19.4 Å². The van der Waals surface area contributed by atoms with Crippen LogP contribution in [0.2, 0.25) is 0 Å². The molecular formula is C25H24FN3O4. The summed E-state index contributed by atoms with van der Waals surface area (Å²) in [5.74, 6) is 0.383. The normalized spacial score (nSPS) is 10.6. The third-order valence-electron chi connectivity index (χ3n) is 4.55. The van der Waals surface area contributed by atoms with Crippen molar-refractivity contribution in [2.75, 3.05) is 12.4 Å². The Morgan fingerprint density at radius 1 is 0.879 bits per heavy atom. The first-order chi connectivity index (χ1) is 16.0. The molecule has 2 amide bonds. The van der Waals surface area contributed by atoms with Gasteiger partial charge in [-0.2, -0.15) is 5.10 Å². The average Bonchev–Trinajstić information content (AvgIpc) is 2.84. The molecule has 0 saturated carbocycles. The minimum absolute atomic E-state index is 0.0149. The number of ether oxygens (including phenoxy) is 2. The maximum absolute atomic E-state index is 12.9. The van der Waals surface area contributed by atoms with Crippen molar-refractivity contribution < 1.29 is 23.5 Å². The van der Waals surface area contributed by atoms with E-state index in [-0.39, 0.29) is 30.5 Å². The number of hydrogen-bond donors (Lipinski definition) is 2. The van der Waals surface area contributed by atoms with Gasteiger partial charge in [0, 0.05) is 18.5 Å². The van der Waals surface area contributed by atoms with Crippen LogP contribution in [0, 0.1) is 5.82 Å². The lowest BCUT2D eigenvalue weighted by Crippen LogP contribution is -2.20. The van der Waals surface area contributed by atoms with Crippen LogP contribution in [-0.4, -0.2) is 25.1 Å². The molecule has 7 nitrogen and oxygen atoms in total. The molecule has 3 aromatic carbocycles. The van der Waals surface area contributed by atoms with Gasteiger partial charge in [-0.05, 0) is 71.8 Å². The van der Waals surface area contributed by atoms with Crippen molar-refractivity contribution in [3.63, 3.8) is 0 Å². The van der Waals surface area contributed by atoms with Gasteiger partial charge in [-0.1, -0.05) is 12.1 Å². The van der Waals surface area contributed by atoms with Crippen molar-refractivity contribution in [3.8, 4) is 11.5 Å². The lowest BCUT2D eigenvalue weighted by Gasteiger charge is -2.07. The van der Waals surface area contributed by atoms with E-state index in [0.717, 1.165) is 16.9 Å². The van der Waals surface area contributed by atoms with Gasteiger partial charge in [-0.3, -0.25) is 9.59 Å². The second-order valence-corrected chi connectivity index (χ2v) is 7.05. The number of carbonyl (C=O) groups is 2. The van der Waals surface area contributed by atoms with E-state index in [1.54, 1.807) is 7.11 Å². The number of benzene rings is 3. The van der Waals surface area contributed by atoms with E-state index < -0.39 is 0 Å². The maximum atomic E-state index is 12.9. The molecule has 0 aliphatic heterocycles. The molecule has 0 heterocycles. The van der Waals surface area contributed by atoms with Gasteiger partial charge in [0.25, 0.3) is 0 Å². The summed E-state index contributed by atoms with van der Waals surface area (Å²) in [7, 11) is 1.62. The number of nitrogens with zero attached hydrogens (tertiary/aromatic N) is 1. The quantitative estimate of drug-likeness (QED) is 0.357. The van der Waals surface area contributed by atoms with Gasteiger partial charge in [0.1, 0.15) is 23.9 Å². The average molecular weight is 449 g/mol.